The van der Waals surface area contributed by atoms with Crippen molar-refractivity contribution in [3.63, 3.8) is 0 Å². The second kappa shape index (κ2) is 6.02. The Labute approximate surface area is 112 Å². The van der Waals surface area contributed by atoms with Crippen LogP contribution in [0.3, 0.4) is 0 Å². The Balaban J connectivity index is 2.37. The molecule has 0 aliphatic rings. The lowest BCUT2D eigenvalue weighted by Gasteiger charge is -2.21. The lowest BCUT2D eigenvalue weighted by Crippen LogP contribution is -2.30. The van der Waals surface area contributed by atoms with Gasteiger partial charge in [-0.25, -0.2) is 0 Å². The number of hydrogen-bond donors (Lipinski definition) is 0. The molecule has 0 saturated carbocycles. The lowest BCUT2D eigenvalue weighted by atomic mass is 10.2. The van der Waals surface area contributed by atoms with Crippen molar-refractivity contribution in [2.45, 2.75) is 0 Å². The van der Waals surface area contributed by atoms with Crippen molar-refractivity contribution in [3.05, 3.63) is 60.2 Å². The Morgan fingerprint density at radius 3 is 2.21 bits per heavy atom. The topological polar surface area (TPSA) is 38.8 Å². The van der Waals surface area contributed by atoms with Crippen molar-refractivity contribution in [2.75, 3.05) is 19.3 Å². The largest absolute Gasteiger partial charge is 0.494 e. The Morgan fingerprint density at radius 2 is 1.58 bits per heavy atom. The lowest BCUT2D eigenvalue weighted by molar-refractivity contribution is 0.0770. The summed E-state index contributed by atoms with van der Waals surface area (Å²) in [5.41, 5.74) is 1.12. The SMILES string of the molecule is COc1ccccc1N(OC)C(=O)c1ccccc1. The highest BCUT2D eigenvalue weighted by Gasteiger charge is 2.20. The minimum atomic E-state index is -0.243. The van der Waals surface area contributed by atoms with Crippen LogP contribution >= 0.6 is 0 Å². The van der Waals surface area contributed by atoms with E-state index in [1.165, 1.54) is 12.2 Å². The van der Waals surface area contributed by atoms with Crippen LogP contribution in [-0.4, -0.2) is 20.1 Å². The molecule has 0 N–H and O–H groups in total. The van der Waals surface area contributed by atoms with E-state index < -0.39 is 0 Å². The predicted octanol–water partition coefficient (Wildman–Crippen LogP) is 2.90. The molecule has 4 heteroatoms. The third-order valence-electron chi connectivity index (χ3n) is 2.69. The Bertz CT molecular complexity index is 554. The van der Waals surface area contributed by atoms with Crippen LogP contribution in [0.1, 0.15) is 10.4 Å². The second-order valence-corrected chi connectivity index (χ2v) is 3.82. The summed E-state index contributed by atoms with van der Waals surface area (Å²) < 4.78 is 5.24. The van der Waals surface area contributed by atoms with Crippen molar-refractivity contribution < 1.29 is 14.4 Å². The number of amides is 1. The predicted molar refractivity (Wildman–Crippen MR) is 73.3 cm³/mol. The summed E-state index contributed by atoms with van der Waals surface area (Å²) in [6.07, 6.45) is 0. The van der Waals surface area contributed by atoms with E-state index in [0.717, 1.165) is 0 Å². The molecule has 0 fully saturated rings. The fourth-order valence-electron chi connectivity index (χ4n) is 1.79. The van der Waals surface area contributed by atoms with Crippen molar-refractivity contribution in [1.82, 2.24) is 0 Å². The van der Waals surface area contributed by atoms with Gasteiger partial charge < -0.3 is 4.74 Å². The minimum Gasteiger partial charge on any atom is -0.494 e. The highest BCUT2D eigenvalue weighted by molar-refractivity contribution is 6.05. The highest BCUT2D eigenvalue weighted by Crippen LogP contribution is 2.28. The smallest absolute Gasteiger partial charge is 0.282 e. The van der Waals surface area contributed by atoms with Crippen LogP contribution < -0.4 is 9.80 Å². The first-order valence-electron chi connectivity index (χ1n) is 5.84. The van der Waals surface area contributed by atoms with E-state index in [4.69, 9.17) is 9.57 Å². The molecular formula is C15H15NO3. The number of hydrogen-bond acceptors (Lipinski definition) is 3. The van der Waals surface area contributed by atoms with E-state index in [1.54, 1.807) is 31.4 Å². The molecule has 2 aromatic carbocycles. The monoisotopic (exact) mass is 257 g/mol. The third kappa shape index (κ3) is 2.74. The molecule has 19 heavy (non-hydrogen) atoms. The molecule has 2 aromatic rings. The Kier molecular flexibility index (Phi) is 4.15. The van der Waals surface area contributed by atoms with Crippen molar-refractivity contribution in [3.8, 4) is 5.75 Å². The normalized spacial score (nSPS) is 10.0. The molecule has 1 amide bonds. The zero-order valence-corrected chi connectivity index (χ0v) is 10.9. The van der Waals surface area contributed by atoms with Gasteiger partial charge in [-0.3, -0.25) is 9.63 Å². The summed E-state index contributed by atoms with van der Waals surface area (Å²) in [7, 11) is 3.01. The van der Waals surface area contributed by atoms with E-state index in [2.05, 4.69) is 0 Å². The van der Waals surface area contributed by atoms with Gasteiger partial charge in [-0.2, -0.15) is 5.06 Å². The molecule has 0 spiro atoms. The molecule has 0 unspecified atom stereocenters. The van der Waals surface area contributed by atoms with Crippen LogP contribution in [0.15, 0.2) is 54.6 Å². The molecule has 0 heterocycles. The number of carbonyl (C=O) groups is 1. The maximum atomic E-state index is 12.4. The molecule has 0 aliphatic heterocycles. The molecule has 0 radical (unpaired) electrons. The summed E-state index contributed by atoms with van der Waals surface area (Å²) in [5, 5.41) is 1.22. The van der Waals surface area contributed by atoms with Crippen LogP contribution in [0.25, 0.3) is 0 Å². The molecule has 98 valence electrons. The summed E-state index contributed by atoms with van der Waals surface area (Å²) in [4.78, 5) is 17.6. The van der Waals surface area contributed by atoms with E-state index in [-0.39, 0.29) is 5.91 Å². The second-order valence-electron chi connectivity index (χ2n) is 3.82. The number of benzene rings is 2. The van der Waals surface area contributed by atoms with Gasteiger partial charge in [0.25, 0.3) is 5.91 Å². The average Bonchev–Trinajstić information content (AvgIpc) is 2.49. The van der Waals surface area contributed by atoms with Gasteiger partial charge >= 0.3 is 0 Å². The molecule has 0 atom stereocenters. The van der Waals surface area contributed by atoms with E-state index in [9.17, 15) is 4.79 Å². The third-order valence-corrected chi connectivity index (χ3v) is 2.69. The zero-order chi connectivity index (χ0) is 13.7. The fourth-order valence-corrected chi connectivity index (χ4v) is 1.79. The van der Waals surface area contributed by atoms with Gasteiger partial charge in [0.05, 0.1) is 14.2 Å². The van der Waals surface area contributed by atoms with E-state index in [0.29, 0.717) is 17.0 Å². The molecular weight excluding hydrogens is 242 g/mol. The Hall–Kier alpha value is -2.33. The maximum absolute atomic E-state index is 12.4. The van der Waals surface area contributed by atoms with Gasteiger partial charge in [0.2, 0.25) is 0 Å². The molecule has 0 saturated heterocycles. The van der Waals surface area contributed by atoms with Crippen LogP contribution in [0.2, 0.25) is 0 Å². The minimum absolute atomic E-state index is 0.243. The summed E-state index contributed by atoms with van der Waals surface area (Å²) in [5.74, 6) is 0.334. The van der Waals surface area contributed by atoms with Gasteiger partial charge in [-0.1, -0.05) is 30.3 Å². The molecule has 4 nitrogen and oxygen atoms in total. The van der Waals surface area contributed by atoms with Crippen molar-refractivity contribution >= 4 is 11.6 Å². The highest BCUT2D eigenvalue weighted by atomic mass is 16.7. The van der Waals surface area contributed by atoms with Crippen LogP contribution in [-0.2, 0) is 4.84 Å². The quantitative estimate of drug-likeness (QED) is 0.790. The standard InChI is InChI=1S/C15H15NO3/c1-18-14-11-7-6-10-13(14)16(19-2)15(17)12-8-4-3-5-9-12/h3-11H,1-2H3. The first kappa shape index (κ1) is 13.1. The van der Waals surface area contributed by atoms with E-state index in [1.807, 2.05) is 30.3 Å². The average molecular weight is 257 g/mol. The first-order chi connectivity index (χ1) is 9.27. The molecule has 0 bridgehead atoms. The molecule has 2 rings (SSSR count). The van der Waals surface area contributed by atoms with Crippen molar-refractivity contribution in [2.24, 2.45) is 0 Å². The number of methoxy groups -OCH3 is 1. The molecule has 0 aromatic heterocycles. The summed E-state index contributed by atoms with van der Waals surface area (Å²) in [6, 6.07) is 16.2. The fraction of sp³-hybridized carbons (Fsp3) is 0.133. The summed E-state index contributed by atoms with van der Waals surface area (Å²) in [6.45, 7) is 0. The molecule has 0 aliphatic carbocycles. The van der Waals surface area contributed by atoms with Gasteiger partial charge in [-0.15, -0.1) is 0 Å². The van der Waals surface area contributed by atoms with Crippen LogP contribution in [0.5, 0.6) is 5.75 Å². The maximum Gasteiger partial charge on any atom is 0.282 e. The Morgan fingerprint density at radius 1 is 0.947 bits per heavy atom. The zero-order valence-electron chi connectivity index (χ0n) is 10.9. The van der Waals surface area contributed by atoms with Gasteiger partial charge in [0.15, 0.2) is 0 Å². The summed E-state index contributed by atoms with van der Waals surface area (Å²) >= 11 is 0. The van der Waals surface area contributed by atoms with E-state index >= 15 is 0 Å². The number of carbonyl (C=O) groups excluding carboxylic acids is 1. The number of nitrogens with zero attached hydrogens (tertiary/aromatic N) is 1. The first-order valence-corrected chi connectivity index (χ1v) is 5.84. The number of anilines is 1. The number of para-hydroxylation sites is 2. The van der Waals surface area contributed by atoms with Crippen LogP contribution in [0.4, 0.5) is 5.69 Å². The van der Waals surface area contributed by atoms with Crippen molar-refractivity contribution in [1.29, 1.82) is 0 Å². The number of rotatable bonds is 4. The van der Waals surface area contributed by atoms with Gasteiger partial charge in [-0.05, 0) is 24.3 Å². The number of hydroxylamine groups is 1. The van der Waals surface area contributed by atoms with Gasteiger partial charge in [0.1, 0.15) is 11.4 Å². The van der Waals surface area contributed by atoms with Crippen LogP contribution in [0, 0.1) is 0 Å². The van der Waals surface area contributed by atoms with Gasteiger partial charge in [0, 0.05) is 5.56 Å². The number of ether oxygens (including phenoxy) is 1.